The Morgan fingerprint density at radius 2 is 1.08 bits per heavy atom. The Morgan fingerprint density at radius 1 is 0.632 bits per heavy atom. The van der Waals surface area contributed by atoms with E-state index in [-0.39, 0.29) is 40.2 Å². The Hall–Kier alpha value is -4.22. The van der Waals surface area contributed by atoms with Gasteiger partial charge in [0, 0.05) is 24.6 Å². The lowest BCUT2D eigenvalue weighted by atomic mass is 9.72. The molecular formula is C26H20F6N2O4. The molecule has 0 spiro atoms. The molecule has 0 atom stereocenters. The van der Waals surface area contributed by atoms with E-state index in [0.717, 1.165) is 33.4 Å². The van der Waals surface area contributed by atoms with Crippen molar-refractivity contribution in [2.45, 2.75) is 31.1 Å². The fourth-order valence-corrected chi connectivity index (χ4v) is 5.24. The summed E-state index contributed by atoms with van der Waals surface area (Å²) < 4.78 is 88.1. The molecule has 2 aromatic carbocycles. The number of aromatic nitrogens is 2. The lowest BCUT2D eigenvalue weighted by Crippen LogP contribution is -2.54. The molecular weight excluding hydrogens is 518 g/mol. The average Bonchev–Trinajstić information content (AvgIpc) is 3.40. The van der Waals surface area contributed by atoms with Gasteiger partial charge in [-0.05, 0) is 30.2 Å². The van der Waals surface area contributed by atoms with Crippen LogP contribution in [0.5, 0.6) is 23.5 Å². The van der Waals surface area contributed by atoms with Gasteiger partial charge in [-0.3, -0.25) is 9.13 Å². The van der Waals surface area contributed by atoms with Crippen LogP contribution in [0.4, 0.5) is 26.3 Å². The first-order valence-corrected chi connectivity index (χ1v) is 11.2. The van der Waals surface area contributed by atoms with Crippen molar-refractivity contribution >= 4 is 0 Å². The monoisotopic (exact) mass is 538 g/mol. The summed E-state index contributed by atoms with van der Waals surface area (Å²) in [6.07, 6.45) is -11.6. The van der Waals surface area contributed by atoms with Crippen molar-refractivity contribution in [1.29, 1.82) is 0 Å². The van der Waals surface area contributed by atoms with Crippen LogP contribution < -0.4 is 0 Å². The van der Waals surface area contributed by atoms with Crippen LogP contribution in [0.25, 0.3) is 16.8 Å². The maximum atomic E-state index is 14.4. The van der Waals surface area contributed by atoms with Crippen molar-refractivity contribution in [1.82, 2.24) is 9.13 Å². The van der Waals surface area contributed by atoms with E-state index in [2.05, 4.69) is 0 Å². The van der Waals surface area contributed by atoms with Crippen molar-refractivity contribution in [3.05, 3.63) is 76.3 Å². The van der Waals surface area contributed by atoms with Crippen LogP contribution in [-0.4, -0.2) is 41.9 Å². The Labute approximate surface area is 211 Å². The molecule has 4 N–H and O–H groups in total. The second-order valence-corrected chi connectivity index (χ2v) is 9.23. The fraction of sp³-hybridized carbons (Fsp3) is 0.231. The molecule has 5 rings (SSSR count). The predicted molar refractivity (Wildman–Crippen MR) is 124 cm³/mol. The third kappa shape index (κ3) is 3.15. The molecule has 200 valence electrons. The van der Waals surface area contributed by atoms with Gasteiger partial charge in [0.1, 0.15) is 0 Å². The van der Waals surface area contributed by atoms with Crippen LogP contribution in [0, 0.1) is 6.92 Å². The molecule has 1 aliphatic carbocycles. The van der Waals surface area contributed by atoms with Crippen molar-refractivity contribution < 1.29 is 46.8 Å². The second kappa shape index (κ2) is 7.89. The van der Waals surface area contributed by atoms with Gasteiger partial charge in [-0.15, -0.1) is 0 Å². The molecule has 0 radical (unpaired) electrons. The van der Waals surface area contributed by atoms with Crippen molar-refractivity contribution in [3.8, 4) is 40.3 Å². The molecule has 0 saturated carbocycles. The van der Waals surface area contributed by atoms with E-state index < -0.39 is 46.5 Å². The number of benzene rings is 2. The summed E-state index contributed by atoms with van der Waals surface area (Å²) in [5, 5.41) is 42.2. The first kappa shape index (κ1) is 25.4. The number of halogens is 6. The van der Waals surface area contributed by atoms with Crippen LogP contribution >= 0.6 is 0 Å². The smallest absolute Gasteiger partial charge is 0.411 e. The number of hydrogen-bond acceptors (Lipinski definition) is 4. The molecule has 2 heterocycles. The van der Waals surface area contributed by atoms with Gasteiger partial charge in [0.05, 0.1) is 16.8 Å². The summed E-state index contributed by atoms with van der Waals surface area (Å²) in [5.74, 6) is -1.83. The molecule has 38 heavy (non-hydrogen) atoms. The molecule has 0 unspecified atom stereocenters. The van der Waals surface area contributed by atoms with Crippen molar-refractivity contribution in [2.24, 2.45) is 7.05 Å². The van der Waals surface area contributed by atoms with Gasteiger partial charge >= 0.3 is 12.4 Å². The molecule has 0 aliphatic heterocycles. The third-order valence-electron chi connectivity index (χ3n) is 7.15. The Kier molecular flexibility index (Phi) is 5.28. The van der Waals surface area contributed by atoms with Gasteiger partial charge in [0.15, 0.2) is 5.88 Å². The summed E-state index contributed by atoms with van der Waals surface area (Å²) in [6, 6.07) is 7.06. The summed E-state index contributed by atoms with van der Waals surface area (Å²) >= 11 is 0. The van der Waals surface area contributed by atoms with Gasteiger partial charge in [-0.1, -0.05) is 42.0 Å². The molecule has 1 aliphatic rings. The quantitative estimate of drug-likeness (QED) is 0.215. The minimum absolute atomic E-state index is 0.00504. The van der Waals surface area contributed by atoms with Crippen LogP contribution in [0.2, 0.25) is 0 Å². The second-order valence-electron chi connectivity index (χ2n) is 9.23. The first-order valence-electron chi connectivity index (χ1n) is 11.2. The number of rotatable bonds is 3. The molecule has 12 heteroatoms. The zero-order valence-corrected chi connectivity index (χ0v) is 19.8. The van der Waals surface area contributed by atoms with Crippen molar-refractivity contribution in [3.63, 3.8) is 0 Å². The third-order valence-corrected chi connectivity index (χ3v) is 7.15. The summed E-state index contributed by atoms with van der Waals surface area (Å²) in [5.41, 5.74) is -5.65. The first-order chi connectivity index (χ1) is 17.6. The highest BCUT2D eigenvalue weighted by molar-refractivity contribution is 5.89. The largest absolute Gasteiger partial charge is 0.494 e. The van der Waals surface area contributed by atoms with E-state index in [1.807, 2.05) is 0 Å². The topological polar surface area (TPSA) is 90.8 Å². The zero-order valence-electron chi connectivity index (χ0n) is 19.8. The molecule has 0 amide bonds. The average molecular weight is 538 g/mol. The molecule has 2 aromatic heterocycles. The maximum absolute atomic E-state index is 14.4. The number of hydrogen-bond donors (Lipinski definition) is 4. The molecule has 0 bridgehead atoms. The van der Waals surface area contributed by atoms with E-state index >= 15 is 0 Å². The highest BCUT2D eigenvalue weighted by atomic mass is 19.4. The fourth-order valence-electron chi connectivity index (χ4n) is 5.24. The standard InChI is InChI=1S/C26H20F6N2O4/c1-12-3-5-13(6-4-12)24(25(27,28)29,26(30,31)32)14-7-9-15(10-8-14)34-21(36)17-11-16-18(19(17)23(34)38)22(37)33(2)20(16)35/h3-10,35-38H,11H2,1-2H3. The predicted octanol–water partition coefficient (Wildman–Crippen LogP) is 5.93. The number of aryl methyl sites for hydroxylation is 1. The molecule has 0 fully saturated rings. The summed E-state index contributed by atoms with van der Waals surface area (Å²) in [6.45, 7) is 1.54. The Balaban J connectivity index is 1.68. The Bertz CT molecular complexity index is 1550. The van der Waals surface area contributed by atoms with E-state index in [9.17, 15) is 46.8 Å². The van der Waals surface area contributed by atoms with Crippen LogP contribution in [0.3, 0.4) is 0 Å². The SMILES string of the molecule is Cc1ccc(C(c2ccc(-n3c(O)c4c(c3O)-c3c(c(O)n(C)c3O)C4)cc2)(C(F)(F)F)C(F)(F)F)cc1. The number of nitrogens with zero attached hydrogens (tertiary/aromatic N) is 2. The zero-order chi connectivity index (χ0) is 27.9. The summed E-state index contributed by atoms with van der Waals surface area (Å²) in [7, 11) is 1.37. The van der Waals surface area contributed by atoms with E-state index in [1.165, 1.54) is 26.1 Å². The van der Waals surface area contributed by atoms with Crippen LogP contribution in [0.1, 0.15) is 27.8 Å². The van der Waals surface area contributed by atoms with Gasteiger partial charge in [0.2, 0.25) is 23.1 Å². The Morgan fingerprint density at radius 3 is 1.58 bits per heavy atom. The normalized spacial score (nSPS) is 13.6. The van der Waals surface area contributed by atoms with E-state index in [0.29, 0.717) is 17.7 Å². The number of fused-ring (bicyclic) bond motifs is 3. The molecule has 4 aromatic rings. The lowest BCUT2D eigenvalue weighted by molar-refractivity contribution is -0.288. The minimum Gasteiger partial charge on any atom is -0.494 e. The van der Waals surface area contributed by atoms with Gasteiger partial charge < -0.3 is 20.4 Å². The van der Waals surface area contributed by atoms with Crippen LogP contribution in [-0.2, 0) is 18.9 Å². The number of alkyl halides is 6. The minimum atomic E-state index is -5.76. The van der Waals surface area contributed by atoms with Gasteiger partial charge in [-0.25, -0.2) is 0 Å². The summed E-state index contributed by atoms with van der Waals surface area (Å²) in [4.78, 5) is 0. The van der Waals surface area contributed by atoms with Crippen LogP contribution in [0.15, 0.2) is 48.5 Å². The van der Waals surface area contributed by atoms with E-state index in [4.69, 9.17) is 0 Å². The van der Waals surface area contributed by atoms with E-state index in [1.54, 1.807) is 0 Å². The highest BCUT2D eigenvalue weighted by Gasteiger charge is 2.72. The van der Waals surface area contributed by atoms with Crippen molar-refractivity contribution in [2.75, 3.05) is 0 Å². The lowest BCUT2D eigenvalue weighted by Gasteiger charge is -2.38. The highest BCUT2D eigenvalue weighted by Crippen LogP contribution is 2.58. The maximum Gasteiger partial charge on any atom is 0.411 e. The number of aromatic hydroxyl groups is 4. The van der Waals surface area contributed by atoms with Gasteiger partial charge in [0.25, 0.3) is 0 Å². The van der Waals surface area contributed by atoms with Gasteiger partial charge in [-0.2, -0.15) is 26.3 Å². The molecule has 6 nitrogen and oxygen atoms in total. The molecule has 0 saturated heterocycles.